The van der Waals surface area contributed by atoms with E-state index < -0.39 is 0 Å². The van der Waals surface area contributed by atoms with Gasteiger partial charge in [-0.3, -0.25) is 0 Å². The maximum absolute atomic E-state index is 12.3. The van der Waals surface area contributed by atoms with E-state index in [1.807, 2.05) is 4.90 Å². The minimum Gasteiger partial charge on any atom is -0.393 e. The molecular formula is C17H29N3O2S. The summed E-state index contributed by atoms with van der Waals surface area (Å²) in [6, 6.07) is 0.154. The second-order valence-corrected chi connectivity index (χ2v) is 8.31. The number of amides is 2. The Morgan fingerprint density at radius 3 is 2.91 bits per heavy atom. The topological polar surface area (TPSA) is 65.5 Å². The second-order valence-electron chi connectivity index (χ2n) is 7.45. The van der Waals surface area contributed by atoms with Crippen LogP contribution in [0.1, 0.15) is 57.7 Å². The summed E-state index contributed by atoms with van der Waals surface area (Å²) in [5, 5.41) is 15.8. The molecule has 2 atom stereocenters. The van der Waals surface area contributed by atoms with Crippen LogP contribution < -0.4 is 5.32 Å². The smallest absolute Gasteiger partial charge is 0.317 e. The maximum atomic E-state index is 12.3. The molecule has 0 spiro atoms. The number of hydrogen-bond acceptors (Lipinski definition) is 4. The van der Waals surface area contributed by atoms with Gasteiger partial charge >= 0.3 is 6.03 Å². The van der Waals surface area contributed by atoms with Crippen molar-refractivity contribution in [3.05, 3.63) is 16.1 Å². The summed E-state index contributed by atoms with van der Waals surface area (Å²) >= 11 is 1.69. The first-order valence-corrected chi connectivity index (χ1v) is 9.32. The highest BCUT2D eigenvalue weighted by atomic mass is 32.1. The van der Waals surface area contributed by atoms with Crippen LogP contribution in [-0.2, 0) is 11.8 Å². The van der Waals surface area contributed by atoms with Crippen LogP contribution >= 0.6 is 11.3 Å². The Labute approximate surface area is 143 Å². The van der Waals surface area contributed by atoms with Crippen molar-refractivity contribution in [3.63, 3.8) is 0 Å². The van der Waals surface area contributed by atoms with Crippen LogP contribution in [0, 0.1) is 0 Å². The van der Waals surface area contributed by atoms with Gasteiger partial charge in [-0.1, -0.05) is 20.8 Å². The van der Waals surface area contributed by atoms with Crippen LogP contribution in [0.2, 0.25) is 0 Å². The van der Waals surface area contributed by atoms with Crippen molar-refractivity contribution in [2.45, 2.75) is 70.9 Å². The fourth-order valence-electron chi connectivity index (χ4n) is 2.91. The molecule has 23 heavy (non-hydrogen) atoms. The van der Waals surface area contributed by atoms with Gasteiger partial charge < -0.3 is 15.3 Å². The molecule has 2 unspecified atom stereocenters. The zero-order valence-corrected chi connectivity index (χ0v) is 15.4. The Kier molecular flexibility index (Phi) is 6.03. The van der Waals surface area contributed by atoms with Gasteiger partial charge in [-0.05, 0) is 26.2 Å². The van der Waals surface area contributed by atoms with E-state index in [4.69, 9.17) is 0 Å². The molecule has 1 aromatic heterocycles. The zero-order chi connectivity index (χ0) is 17.0. The molecule has 0 aromatic carbocycles. The van der Waals surface area contributed by atoms with Gasteiger partial charge in [0.05, 0.1) is 16.8 Å². The van der Waals surface area contributed by atoms with Gasteiger partial charge in [-0.15, -0.1) is 11.3 Å². The summed E-state index contributed by atoms with van der Waals surface area (Å²) in [5.74, 6) is 0. The number of thiazole rings is 1. The molecular weight excluding hydrogens is 310 g/mol. The summed E-state index contributed by atoms with van der Waals surface area (Å²) in [6.07, 6.45) is 3.06. The third-order valence-electron chi connectivity index (χ3n) is 4.10. The molecule has 1 saturated heterocycles. The lowest BCUT2D eigenvalue weighted by molar-refractivity contribution is 0.138. The molecule has 1 aliphatic heterocycles. The van der Waals surface area contributed by atoms with Gasteiger partial charge in [-0.25, -0.2) is 9.78 Å². The van der Waals surface area contributed by atoms with E-state index in [1.54, 1.807) is 18.3 Å². The average molecular weight is 340 g/mol. The van der Waals surface area contributed by atoms with E-state index >= 15 is 0 Å². The second kappa shape index (κ2) is 7.62. The van der Waals surface area contributed by atoms with Crippen molar-refractivity contribution < 1.29 is 9.90 Å². The number of aliphatic hydroxyl groups is 1. The Morgan fingerprint density at radius 1 is 1.57 bits per heavy atom. The zero-order valence-electron chi connectivity index (χ0n) is 14.6. The van der Waals surface area contributed by atoms with Gasteiger partial charge in [0.1, 0.15) is 0 Å². The van der Waals surface area contributed by atoms with Crippen LogP contribution in [0.25, 0.3) is 0 Å². The Hall–Kier alpha value is -1.14. The van der Waals surface area contributed by atoms with Gasteiger partial charge in [-0.2, -0.15) is 0 Å². The predicted molar refractivity (Wildman–Crippen MR) is 93.9 cm³/mol. The van der Waals surface area contributed by atoms with Crippen LogP contribution in [0.3, 0.4) is 0 Å². The SMILES string of the molecule is CC(O)CC1CCCN1C(=O)NCCc1csc(C(C)(C)C)n1. The largest absolute Gasteiger partial charge is 0.393 e. The molecule has 1 aromatic rings. The maximum Gasteiger partial charge on any atom is 0.317 e. The van der Waals surface area contributed by atoms with Crippen LogP contribution in [-0.4, -0.2) is 46.3 Å². The lowest BCUT2D eigenvalue weighted by atomic mass is 9.98. The molecule has 0 saturated carbocycles. The molecule has 1 aliphatic rings. The number of carbonyl (C=O) groups is 1. The molecule has 2 amide bonds. The van der Waals surface area contributed by atoms with E-state index in [0.29, 0.717) is 13.0 Å². The van der Waals surface area contributed by atoms with Gasteiger partial charge in [0, 0.05) is 36.3 Å². The molecule has 5 nitrogen and oxygen atoms in total. The van der Waals surface area contributed by atoms with E-state index in [0.717, 1.165) is 36.5 Å². The quantitative estimate of drug-likeness (QED) is 0.867. The molecule has 0 bridgehead atoms. The highest BCUT2D eigenvalue weighted by Gasteiger charge is 2.29. The Balaban J connectivity index is 1.79. The van der Waals surface area contributed by atoms with Gasteiger partial charge in [0.25, 0.3) is 0 Å². The van der Waals surface area contributed by atoms with E-state index in [2.05, 4.69) is 36.5 Å². The molecule has 6 heteroatoms. The normalized spacial score (nSPS) is 19.9. The molecule has 0 radical (unpaired) electrons. The van der Waals surface area contributed by atoms with Crippen LogP contribution in [0.4, 0.5) is 4.79 Å². The highest BCUT2D eigenvalue weighted by Crippen LogP contribution is 2.25. The molecule has 2 N–H and O–H groups in total. The Morgan fingerprint density at radius 2 is 2.30 bits per heavy atom. The summed E-state index contributed by atoms with van der Waals surface area (Å²) in [7, 11) is 0. The third-order valence-corrected chi connectivity index (χ3v) is 5.42. The van der Waals surface area contributed by atoms with E-state index in [9.17, 15) is 9.90 Å². The fraction of sp³-hybridized carbons (Fsp3) is 0.765. The predicted octanol–water partition coefficient (Wildman–Crippen LogP) is 2.93. The summed E-state index contributed by atoms with van der Waals surface area (Å²) < 4.78 is 0. The minimum absolute atomic E-state index is 0.0144. The number of nitrogens with one attached hydrogen (secondary N) is 1. The molecule has 2 heterocycles. The number of urea groups is 1. The minimum atomic E-state index is -0.362. The monoisotopic (exact) mass is 339 g/mol. The lowest BCUT2D eigenvalue weighted by Gasteiger charge is -2.25. The number of hydrogen-bond donors (Lipinski definition) is 2. The van der Waals surface area contributed by atoms with Crippen molar-refractivity contribution in [2.24, 2.45) is 0 Å². The van der Waals surface area contributed by atoms with Crippen molar-refractivity contribution in [1.82, 2.24) is 15.2 Å². The molecule has 130 valence electrons. The van der Waals surface area contributed by atoms with Crippen molar-refractivity contribution in [3.8, 4) is 0 Å². The molecule has 1 fully saturated rings. The van der Waals surface area contributed by atoms with E-state index in [1.165, 1.54) is 0 Å². The highest BCUT2D eigenvalue weighted by molar-refractivity contribution is 7.09. The molecule has 0 aliphatic carbocycles. The first kappa shape index (κ1) is 18.2. The number of likely N-dealkylation sites (tertiary alicyclic amines) is 1. The van der Waals surface area contributed by atoms with Crippen molar-refractivity contribution >= 4 is 17.4 Å². The third kappa shape index (κ3) is 5.18. The first-order chi connectivity index (χ1) is 10.8. The van der Waals surface area contributed by atoms with Gasteiger partial charge in [0.2, 0.25) is 0 Å². The fourth-order valence-corrected chi connectivity index (χ4v) is 3.85. The first-order valence-electron chi connectivity index (χ1n) is 8.45. The summed E-state index contributed by atoms with van der Waals surface area (Å²) in [4.78, 5) is 18.8. The number of aliphatic hydroxyl groups excluding tert-OH is 1. The molecule has 2 rings (SSSR count). The lowest BCUT2D eigenvalue weighted by Crippen LogP contribution is -2.44. The number of carbonyl (C=O) groups excluding carboxylic acids is 1. The number of rotatable bonds is 5. The van der Waals surface area contributed by atoms with Crippen LogP contribution in [0.15, 0.2) is 5.38 Å². The van der Waals surface area contributed by atoms with Crippen LogP contribution in [0.5, 0.6) is 0 Å². The standard InChI is InChI=1S/C17H29N3O2S/c1-12(21)10-14-6-5-9-20(14)16(22)18-8-7-13-11-23-15(19-13)17(2,3)4/h11-12,14,21H,5-10H2,1-4H3,(H,18,22). The number of aromatic nitrogens is 1. The average Bonchev–Trinajstić information content (AvgIpc) is 3.06. The van der Waals surface area contributed by atoms with Crippen molar-refractivity contribution in [1.29, 1.82) is 0 Å². The van der Waals surface area contributed by atoms with Gasteiger partial charge in [0.15, 0.2) is 0 Å². The van der Waals surface area contributed by atoms with Crippen molar-refractivity contribution in [2.75, 3.05) is 13.1 Å². The number of nitrogens with zero attached hydrogens (tertiary/aromatic N) is 2. The summed E-state index contributed by atoms with van der Waals surface area (Å²) in [6.45, 7) is 9.65. The van der Waals surface area contributed by atoms with E-state index in [-0.39, 0.29) is 23.6 Å². The Bertz CT molecular complexity index is 522. The summed E-state index contributed by atoms with van der Waals surface area (Å²) in [5.41, 5.74) is 1.12.